The molecule has 1 aliphatic rings. The highest BCUT2D eigenvalue weighted by Crippen LogP contribution is 2.35. The van der Waals surface area contributed by atoms with E-state index in [1.165, 1.54) is 11.3 Å². The molecular weight excluding hydrogens is 410 g/mol. The summed E-state index contributed by atoms with van der Waals surface area (Å²) in [5.74, 6) is 1.13. The van der Waals surface area contributed by atoms with Crippen LogP contribution in [0.5, 0.6) is 11.5 Å². The number of nitrogens with one attached hydrogen (secondary N) is 1. The first-order valence-corrected chi connectivity index (χ1v) is 10.2. The van der Waals surface area contributed by atoms with Crippen LogP contribution in [0, 0.1) is 6.92 Å². The van der Waals surface area contributed by atoms with E-state index < -0.39 is 0 Å². The molecule has 0 atom stereocenters. The fourth-order valence-corrected chi connectivity index (χ4v) is 4.55. The van der Waals surface area contributed by atoms with E-state index in [9.17, 15) is 4.79 Å². The molecule has 29 heavy (non-hydrogen) atoms. The van der Waals surface area contributed by atoms with E-state index in [0.29, 0.717) is 40.3 Å². The highest BCUT2D eigenvalue weighted by Gasteiger charge is 2.19. The van der Waals surface area contributed by atoms with Crippen LogP contribution in [0.15, 0.2) is 48.5 Å². The van der Waals surface area contributed by atoms with Gasteiger partial charge in [0, 0.05) is 17.1 Å². The standard InChI is InChI=1S/C21H16ClN3O3S/c1-12-14-11-19(29-21(14)25(24-12)16-5-3-2-4-15(16)22)20(26)23-13-6-7-17-18(10-13)28-9-8-27-17/h2-7,10-11H,8-9H2,1H3,(H,23,26). The Bertz CT molecular complexity index is 1250. The van der Waals surface area contributed by atoms with Gasteiger partial charge in [-0.05, 0) is 37.3 Å². The first kappa shape index (κ1) is 18.0. The largest absolute Gasteiger partial charge is 0.486 e. The van der Waals surface area contributed by atoms with Gasteiger partial charge in [-0.3, -0.25) is 4.79 Å². The van der Waals surface area contributed by atoms with E-state index >= 15 is 0 Å². The van der Waals surface area contributed by atoms with Crippen molar-refractivity contribution in [3.8, 4) is 17.2 Å². The maximum atomic E-state index is 12.8. The average Bonchev–Trinajstić information content (AvgIpc) is 3.29. The Labute approximate surface area is 175 Å². The zero-order chi connectivity index (χ0) is 20.0. The van der Waals surface area contributed by atoms with Crippen molar-refractivity contribution in [3.05, 3.63) is 64.1 Å². The van der Waals surface area contributed by atoms with Gasteiger partial charge in [-0.25, -0.2) is 4.68 Å². The minimum Gasteiger partial charge on any atom is -0.486 e. The van der Waals surface area contributed by atoms with Crippen LogP contribution in [0.2, 0.25) is 5.02 Å². The molecule has 4 aromatic rings. The van der Waals surface area contributed by atoms with Crippen molar-refractivity contribution >= 4 is 44.7 Å². The molecule has 0 unspecified atom stereocenters. The molecule has 6 nitrogen and oxygen atoms in total. The van der Waals surface area contributed by atoms with Gasteiger partial charge >= 0.3 is 0 Å². The summed E-state index contributed by atoms with van der Waals surface area (Å²) in [5, 5.41) is 9.06. The number of benzene rings is 2. The van der Waals surface area contributed by atoms with Crippen LogP contribution >= 0.6 is 22.9 Å². The van der Waals surface area contributed by atoms with Crippen LogP contribution in [0.4, 0.5) is 5.69 Å². The Kier molecular flexibility index (Phi) is 4.41. The minimum absolute atomic E-state index is 0.187. The zero-order valence-electron chi connectivity index (χ0n) is 15.4. The molecule has 1 aliphatic heterocycles. The number of thiophene rings is 1. The highest BCUT2D eigenvalue weighted by molar-refractivity contribution is 7.20. The topological polar surface area (TPSA) is 65.4 Å². The third kappa shape index (κ3) is 3.22. The molecule has 1 N–H and O–H groups in total. The van der Waals surface area contributed by atoms with E-state index in [1.807, 2.05) is 37.3 Å². The number of hydrogen-bond acceptors (Lipinski definition) is 5. The van der Waals surface area contributed by atoms with E-state index in [1.54, 1.807) is 22.9 Å². The lowest BCUT2D eigenvalue weighted by Gasteiger charge is -2.18. The first-order chi connectivity index (χ1) is 14.1. The lowest BCUT2D eigenvalue weighted by atomic mass is 10.2. The number of hydrogen-bond donors (Lipinski definition) is 1. The average molecular weight is 426 g/mol. The zero-order valence-corrected chi connectivity index (χ0v) is 17.0. The van der Waals surface area contributed by atoms with Crippen molar-refractivity contribution < 1.29 is 14.3 Å². The minimum atomic E-state index is -0.187. The van der Waals surface area contributed by atoms with Crippen molar-refractivity contribution in [2.24, 2.45) is 0 Å². The number of para-hydroxylation sites is 1. The van der Waals surface area contributed by atoms with Gasteiger partial charge in [0.1, 0.15) is 18.0 Å². The molecule has 0 bridgehead atoms. The molecule has 5 rings (SSSR count). The molecule has 1 amide bonds. The van der Waals surface area contributed by atoms with Crippen LogP contribution in [-0.4, -0.2) is 28.9 Å². The summed E-state index contributed by atoms with van der Waals surface area (Å²) in [6.07, 6.45) is 0. The van der Waals surface area contributed by atoms with Gasteiger partial charge in [-0.2, -0.15) is 5.10 Å². The predicted octanol–water partition coefficient (Wildman–Crippen LogP) is 5.07. The maximum absolute atomic E-state index is 12.8. The second-order valence-corrected chi connectivity index (χ2v) is 8.03. The summed E-state index contributed by atoms with van der Waals surface area (Å²) in [6, 6.07) is 14.8. The number of aromatic nitrogens is 2. The number of fused-ring (bicyclic) bond motifs is 2. The van der Waals surface area contributed by atoms with Crippen LogP contribution < -0.4 is 14.8 Å². The van der Waals surface area contributed by atoms with Gasteiger partial charge in [-0.15, -0.1) is 11.3 Å². The van der Waals surface area contributed by atoms with Gasteiger partial charge in [-0.1, -0.05) is 23.7 Å². The molecule has 0 saturated carbocycles. The number of aryl methyl sites for hydroxylation is 1. The molecule has 8 heteroatoms. The summed E-state index contributed by atoms with van der Waals surface area (Å²) in [7, 11) is 0. The Morgan fingerprint density at radius 1 is 1.14 bits per heavy atom. The number of anilines is 1. The molecule has 0 fully saturated rings. The number of amides is 1. The summed E-state index contributed by atoms with van der Waals surface area (Å²) in [4.78, 5) is 14.3. The van der Waals surface area contributed by atoms with Gasteiger partial charge in [0.15, 0.2) is 11.5 Å². The Hall–Kier alpha value is -3.03. The lowest BCUT2D eigenvalue weighted by Crippen LogP contribution is -2.16. The number of carbonyl (C=O) groups excluding carboxylic acids is 1. The SMILES string of the molecule is Cc1nn(-c2ccccc2Cl)c2sc(C(=O)Nc3ccc4c(c3)OCCO4)cc12. The third-order valence-corrected chi connectivity index (χ3v) is 6.08. The van der Waals surface area contributed by atoms with Gasteiger partial charge in [0.25, 0.3) is 5.91 Å². The molecule has 0 radical (unpaired) electrons. The van der Waals surface area contributed by atoms with Crippen LogP contribution in [0.1, 0.15) is 15.4 Å². The first-order valence-electron chi connectivity index (χ1n) is 9.05. The number of halogens is 1. The summed E-state index contributed by atoms with van der Waals surface area (Å²) >= 11 is 7.72. The van der Waals surface area contributed by atoms with Crippen molar-refractivity contribution in [2.75, 3.05) is 18.5 Å². The summed E-state index contributed by atoms with van der Waals surface area (Å²) in [5.41, 5.74) is 2.28. The molecule has 0 aliphatic carbocycles. The number of carbonyl (C=O) groups is 1. The van der Waals surface area contributed by atoms with Crippen molar-refractivity contribution in [1.82, 2.24) is 9.78 Å². The fourth-order valence-electron chi connectivity index (χ4n) is 3.26. The highest BCUT2D eigenvalue weighted by atomic mass is 35.5. The normalized spacial score (nSPS) is 12.9. The Morgan fingerprint density at radius 2 is 1.93 bits per heavy atom. The Balaban J connectivity index is 1.47. The summed E-state index contributed by atoms with van der Waals surface area (Å²) in [6.45, 7) is 2.95. The van der Waals surface area contributed by atoms with Gasteiger partial charge in [0.05, 0.1) is 21.3 Å². The van der Waals surface area contributed by atoms with E-state index in [0.717, 1.165) is 21.6 Å². The van der Waals surface area contributed by atoms with Crippen molar-refractivity contribution in [3.63, 3.8) is 0 Å². The second kappa shape index (κ2) is 7.09. The van der Waals surface area contributed by atoms with Gasteiger partial charge in [0.2, 0.25) is 0 Å². The second-order valence-electron chi connectivity index (χ2n) is 6.59. The molecule has 2 aromatic carbocycles. The third-order valence-electron chi connectivity index (χ3n) is 4.65. The van der Waals surface area contributed by atoms with E-state index in [-0.39, 0.29) is 5.91 Å². The molecule has 0 spiro atoms. The van der Waals surface area contributed by atoms with E-state index in [2.05, 4.69) is 10.4 Å². The number of rotatable bonds is 3. The number of nitrogens with zero attached hydrogens (tertiary/aromatic N) is 2. The Morgan fingerprint density at radius 3 is 2.76 bits per heavy atom. The molecular formula is C21H16ClN3O3S. The molecule has 146 valence electrons. The van der Waals surface area contributed by atoms with Crippen LogP contribution in [-0.2, 0) is 0 Å². The fraction of sp³-hybridized carbons (Fsp3) is 0.143. The molecule has 0 saturated heterocycles. The monoisotopic (exact) mass is 425 g/mol. The predicted molar refractivity (Wildman–Crippen MR) is 114 cm³/mol. The van der Waals surface area contributed by atoms with Crippen molar-refractivity contribution in [2.45, 2.75) is 6.92 Å². The quantitative estimate of drug-likeness (QED) is 0.497. The van der Waals surface area contributed by atoms with E-state index in [4.69, 9.17) is 21.1 Å². The van der Waals surface area contributed by atoms with Crippen LogP contribution in [0.25, 0.3) is 15.9 Å². The van der Waals surface area contributed by atoms with Gasteiger partial charge < -0.3 is 14.8 Å². The number of ether oxygens (including phenoxy) is 2. The summed E-state index contributed by atoms with van der Waals surface area (Å²) < 4.78 is 12.9. The molecule has 3 heterocycles. The maximum Gasteiger partial charge on any atom is 0.265 e. The van der Waals surface area contributed by atoms with Crippen molar-refractivity contribution in [1.29, 1.82) is 0 Å². The van der Waals surface area contributed by atoms with Crippen LogP contribution in [0.3, 0.4) is 0 Å². The molecule has 2 aromatic heterocycles. The lowest BCUT2D eigenvalue weighted by molar-refractivity contribution is 0.103. The smallest absolute Gasteiger partial charge is 0.265 e.